The van der Waals surface area contributed by atoms with Crippen molar-refractivity contribution in [3.8, 4) is 0 Å². The number of likely N-dealkylation sites (tertiary alicyclic amines) is 1. The molecule has 0 aromatic heterocycles. The molecule has 1 aliphatic heterocycles. The summed E-state index contributed by atoms with van der Waals surface area (Å²) in [5.41, 5.74) is 3.12. The van der Waals surface area contributed by atoms with Gasteiger partial charge in [0.2, 0.25) is 0 Å². The second kappa shape index (κ2) is 9.26. The van der Waals surface area contributed by atoms with Crippen molar-refractivity contribution in [2.75, 3.05) is 20.2 Å². The van der Waals surface area contributed by atoms with E-state index in [2.05, 4.69) is 47.1 Å². The van der Waals surface area contributed by atoms with Crippen molar-refractivity contribution < 1.29 is 9.53 Å². The van der Waals surface area contributed by atoms with E-state index in [-0.39, 0.29) is 5.97 Å². The van der Waals surface area contributed by atoms with Crippen LogP contribution in [0.15, 0.2) is 67.0 Å². The lowest BCUT2D eigenvalue weighted by Crippen LogP contribution is -2.38. The van der Waals surface area contributed by atoms with Gasteiger partial charge in [0, 0.05) is 19.6 Å². The number of ether oxygens (including phenoxy) is 1. The Labute approximate surface area is 161 Å². The fraction of sp³-hybridized carbons (Fsp3) is 0.348. The second-order valence-corrected chi connectivity index (χ2v) is 7.11. The molecule has 0 unspecified atom stereocenters. The van der Waals surface area contributed by atoms with Gasteiger partial charge >= 0.3 is 5.97 Å². The van der Waals surface area contributed by atoms with Crippen molar-refractivity contribution >= 4 is 5.97 Å². The molecule has 1 N–H and O–H groups in total. The molecule has 0 atom stereocenters. The number of rotatable bonds is 7. The van der Waals surface area contributed by atoms with Gasteiger partial charge in [0.1, 0.15) is 0 Å². The molecule has 142 valence electrons. The highest BCUT2D eigenvalue weighted by molar-refractivity contribution is 5.89. The summed E-state index contributed by atoms with van der Waals surface area (Å²) < 4.78 is 4.72. The quantitative estimate of drug-likeness (QED) is 0.755. The summed E-state index contributed by atoms with van der Waals surface area (Å²) in [5.74, 6) is 1.42. The van der Waals surface area contributed by atoms with Gasteiger partial charge in [0.05, 0.1) is 18.5 Å². The van der Waals surface area contributed by atoms with E-state index in [4.69, 9.17) is 4.74 Å². The third-order valence-electron chi connectivity index (χ3n) is 5.24. The summed E-state index contributed by atoms with van der Waals surface area (Å²) in [5, 5.41) is 3.41. The molecule has 0 spiro atoms. The molecule has 4 heteroatoms. The molecule has 1 heterocycles. The topological polar surface area (TPSA) is 41.6 Å². The maximum Gasteiger partial charge on any atom is 0.337 e. The maximum atomic E-state index is 11.5. The number of nitrogens with zero attached hydrogens (tertiary/aromatic N) is 1. The molecule has 4 nitrogen and oxygen atoms in total. The lowest BCUT2D eigenvalue weighted by atomic mass is 9.90. The Bertz CT molecular complexity index is 748. The zero-order chi connectivity index (χ0) is 19.1. The summed E-state index contributed by atoms with van der Waals surface area (Å²) in [6, 6.07) is 18.2. The van der Waals surface area contributed by atoms with Gasteiger partial charge in [-0.25, -0.2) is 4.79 Å². The first-order valence-corrected chi connectivity index (χ1v) is 9.54. The number of carbonyl (C=O) groups is 1. The molecular weight excluding hydrogens is 336 g/mol. The normalized spacial score (nSPS) is 14.6. The van der Waals surface area contributed by atoms with E-state index < -0.39 is 0 Å². The molecule has 1 saturated heterocycles. The Morgan fingerprint density at radius 3 is 2.37 bits per heavy atom. The number of hydrogen-bond acceptors (Lipinski definition) is 4. The van der Waals surface area contributed by atoms with Crippen molar-refractivity contribution in [1.82, 2.24) is 10.2 Å². The van der Waals surface area contributed by atoms with E-state index in [0.717, 1.165) is 30.4 Å². The number of methoxy groups -OCH3 is 1. The highest BCUT2D eigenvalue weighted by Gasteiger charge is 2.20. The van der Waals surface area contributed by atoms with Crippen LogP contribution in [0.2, 0.25) is 0 Å². The molecule has 1 fully saturated rings. The van der Waals surface area contributed by atoms with Crippen molar-refractivity contribution in [1.29, 1.82) is 0 Å². The highest BCUT2D eigenvalue weighted by atomic mass is 16.5. The first kappa shape index (κ1) is 19.0. The van der Waals surface area contributed by atoms with E-state index in [0.29, 0.717) is 12.1 Å². The van der Waals surface area contributed by atoms with Crippen LogP contribution in [-0.2, 0) is 17.7 Å². The monoisotopic (exact) mass is 364 g/mol. The third-order valence-corrected chi connectivity index (χ3v) is 5.24. The summed E-state index contributed by atoms with van der Waals surface area (Å²) in [6.45, 7) is 6.99. The van der Waals surface area contributed by atoms with Gasteiger partial charge in [-0.15, -0.1) is 0 Å². The fourth-order valence-electron chi connectivity index (χ4n) is 3.55. The second-order valence-electron chi connectivity index (χ2n) is 7.11. The fourth-order valence-corrected chi connectivity index (χ4v) is 3.55. The van der Waals surface area contributed by atoms with Gasteiger partial charge in [-0.3, -0.25) is 0 Å². The highest BCUT2D eigenvalue weighted by Crippen LogP contribution is 2.23. The van der Waals surface area contributed by atoms with Crippen molar-refractivity contribution in [2.24, 2.45) is 5.92 Å². The molecule has 0 bridgehead atoms. The lowest BCUT2D eigenvalue weighted by Gasteiger charge is -2.35. The Balaban J connectivity index is 1.42. The minimum atomic E-state index is -0.308. The Morgan fingerprint density at radius 1 is 1.07 bits per heavy atom. The maximum absolute atomic E-state index is 11.5. The zero-order valence-corrected chi connectivity index (χ0v) is 16.0. The van der Waals surface area contributed by atoms with Gasteiger partial charge < -0.3 is 15.0 Å². The third kappa shape index (κ3) is 5.36. The standard InChI is InChI=1S/C23H28N2O2/c1-18(24-17-21-8-10-22(11-9-21)23(26)27-2)25-14-12-20(13-15-25)16-19-6-4-3-5-7-19/h3-11,20,24H,1,12-17H2,2H3. The van der Waals surface area contributed by atoms with Crippen LogP contribution >= 0.6 is 0 Å². The van der Waals surface area contributed by atoms with Gasteiger partial charge in [-0.05, 0) is 48.4 Å². The van der Waals surface area contributed by atoms with E-state index in [1.54, 1.807) is 12.1 Å². The number of esters is 1. The zero-order valence-electron chi connectivity index (χ0n) is 16.0. The van der Waals surface area contributed by atoms with Crippen LogP contribution in [0, 0.1) is 5.92 Å². The number of carbonyl (C=O) groups excluding carboxylic acids is 1. The molecule has 2 aromatic carbocycles. The lowest BCUT2D eigenvalue weighted by molar-refractivity contribution is 0.0600. The Hall–Kier alpha value is -2.75. The van der Waals surface area contributed by atoms with Crippen LogP contribution in [-0.4, -0.2) is 31.1 Å². The molecule has 27 heavy (non-hydrogen) atoms. The average molecular weight is 364 g/mol. The summed E-state index contributed by atoms with van der Waals surface area (Å²) in [7, 11) is 1.39. The molecule has 0 saturated carbocycles. The number of hydrogen-bond donors (Lipinski definition) is 1. The van der Waals surface area contributed by atoms with Gasteiger partial charge in [-0.2, -0.15) is 0 Å². The van der Waals surface area contributed by atoms with Crippen LogP contribution in [0.4, 0.5) is 0 Å². The van der Waals surface area contributed by atoms with Crippen LogP contribution in [0.3, 0.4) is 0 Å². The van der Waals surface area contributed by atoms with E-state index in [1.165, 1.54) is 31.9 Å². The van der Waals surface area contributed by atoms with Gasteiger partial charge in [0.25, 0.3) is 0 Å². The Kier molecular flexibility index (Phi) is 6.53. The summed E-state index contributed by atoms with van der Waals surface area (Å²) in [6.07, 6.45) is 3.56. The largest absolute Gasteiger partial charge is 0.465 e. The Morgan fingerprint density at radius 2 is 1.74 bits per heavy atom. The molecule has 3 rings (SSSR count). The summed E-state index contributed by atoms with van der Waals surface area (Å²) >= 11 is 0. The first-order valence-electron chi connectivity index (χ1n) is 9.54. The van der Waals surface area contributed by atoms with Crippen LogP contribution < -0.4 is 5.32 Å². The smallest absolute Gasteiger partial charge is 0.337 e. The molecule has 0 aliphatic carbocycles. The average Bonchev–Trinajstić information content (AvgIpc) is 2.73. The van der Waals surface area contributed by atoms with Crippen molar-refractivity contribution in [3.63, 3.8) is 0 Å². The predicted octanol–water partition coefficient (Wildman–Crippen LogP) is 3.99. The molecule has 2 aromatic rings. The molecule has 0 amide bonds. The number of nitrogens with one attached hydrogen (secondary N) is 1. The number of piperidine rings is 1. The van der Waals surface area contributed by atoms with Crippen LogP contribution in [0.25, 0.3) is 0 Å². The SMILES string of the molecule is C=C(NCc1ccc(C(=O)OC)cc1)N1CCC(Cc2ccccc2)CC1. The minimum Gasteiger partial charge on any atom is -0.465 e. The molecule has 1 aliphatic rings. The predicted molar refractivity (Wildman–Crippen MR) is 108 cm³/mol. The minimum absolute atomic E-state index is 0.308. The number of benzene rings is 2. The van der Waals surface area contributed by atoms with Crippen molar-refractivity contribution in [2.45, 2.75) is 25.8 Å². The van der Waals surface area contributed by atoms with Gasteiger partial charge in [-0.1, -0.05) is 49.0 Å². The van der Waals surface area contributed by atoms with E-state index in [1.807, 2.05) is 12.1 Å². The molecule has 0 radical (unpaired) electrons. The van der Waals surface area contributed by atoms with Crippen LogP contribution in [0.5, 0.6) is 0 Å². The summed E-state index contributed by atoms with van der Waals surface area (Å²) in [4.78, 5) is 13.8. The van der Waals surface area contributed by atoms with E-state index in [9.17, 15) is 4.79 Å². The van der Waals surface area contributed by atoms with Crippen molar-refractivity contribution in [3.05, 3.63) is 83.7 Å². The van der Waals surface area contributed by atoms with E-state index >= 15 is 0 Å². The molecular formula is C23H28N2O2. The first-order chi connectivity index (χ1) is 13.2. The van der Waals surface area contributed by atoms with Crippen LogP contribution in [0.1, 0.15) is 34.3 Å². The van der Waals surface area contributed by atoms with Gasteiger partial charge in [0.15, 0.2) is 0 Å².